The number of furan rings is 1. The summed E-state index contributed by atoms with van der Waals surface area (Å²) in [6, 6.07) is 11.1. The quantitative estimate of drug-likeness (QED) is 0.0742. The number of ether oxygens (including phenoxy) is 5. The van der Waals surface area contributed by atoms with Crippen LogP contribution in [0.3, 0.4) is 0 Å². The van der Waals surface area contributed by atoms with Crippen LogP contribution in [0.2, 0.25) is 10.0 Å². The summed E-state index contributed by atoms with van der Waals surface area (Å²) in [5.41, 5.74) is -0.499. The topological polar surface area (TPSA) is 223 Å². The van der Waals surface area contributed by atoms with Crippen LogP contribution in [0, 0.1) is 0 Å². The maximum Gasteiger partial charge on any atom is 0.413 e. The highest BCUT2D eigenvalue weighted by atomic mass is 35.5. The van der Waals surface area contributed by atoms with Crippen LogP contribution in [0.5, 0.6) is 0 Å². The van der Waals surface area contributed by atoms with Crippen molar-refractivity contribution < 1.29 is 60.8 Å². The van der Waals surface area contributed by atoms with Crippen molar-refractivity contribution in [2.75, 3.05) is 31.9 Å². The molecule has 3 aromatic rings. The van der Waals surface area contributed by atoms with E-state index in [1.54, 1.807) is 51.1 Å². The smallest absolute Gasteiger partial charge is 0.413 e. The number of nitrogens with two attached hydrogens (primary N) is 1. The molecule has 1 aliphatic rings. The first-order valence-corrected chi connectivity index (χ1v) is 18.9. The van der Waals surface area contributed by atoms with Gasteiger partial charge in [-0.1, -0.05) is 35.3 Å². The van der Waals surface area contributed by atoms with Crippen molar-refractivity contribution in [3.63, 3.8) is 0 Å². The van der Waals surface area contributed by atoms with Crippen molar-refractivity contribution in [1.29, 1.82) is 0 Å². The van der Waals surface area contributed by atoms with Crippen molar-refractivity contribution in [3.05, 3.63) is 81.7 Å². The average molecular weight is 815 g/mol. The Morgan fingerprint density at radius 1 is 0.981 bits per heavy atom. The number of primary sulfonamides is 1. The van der Waals surface area contributed by atoms with E-state index in [-0.39, 0.29) is 68.3 Å². The van der Waals surface area contributed by atoms with Gasteiger partial charge in [-0.25, -0.2) is 23.1 Å². The van der Waals surface area contributed by atoms with Gasteiger partial charge >= 0.3 is 24.0 Å². The molecule has 2 heterocycles. The third-order valence-electron chi connectivity index (χ3n) is 8.27. The van der Waals surface area contributed by atoms with Gasteiger partial charge in [0.2, 0.25) is 22.6 Å². The highest BCUT2D eigenvalue weighted by molar-refractivity contribution is 7.89. The summed E-state index contributed by atoms with van der Waals surface area (Å²) in [5.74, 6) is -3.56. The number of carbonyl (C=O) groups is 4. The summed E-state index contributed by atoms with van der Waals surface area (Å²) >= 11 is 12.2. The number of amides is 1. The van der Waals surface area contributed by atoms with Crippen molar-refractivity contribution in [2.45, 2.75) is 75.3 Å². The van der Waals surface area contributed by atoms with Crippen molar-refractivity contribution in [2.24, 2.45) is 5.14 Å². The molecule has 54 heavy (non-hydrogen) atoms. The third-order valence-corrected chi connectivity index (χ3v) is 9.88. The second-order valence-corrected chi connectivity index (χ2v) is 15.1. The van der Waals surface area contributed by atoms with Gasteiger partial charge in [0.15, 0.2) is 0 Å². The molecule has 2 aromatic carbocycles. The normalized spacial score (nSPS) is 18.1. The molecular weight excluding hydrogens is 773 g/mol. The molecule has 4 rings (SSSR count). The van der Waals surface area contributed by atoms with Crippen molar-refractivity contribution >= 4 is 62.9 Å². The van der Waals surface area contributed by atoms with E-state index in [1.165, 1.54) is 23.3 Å². The number of benzene rings is 2. The first-order valence-electron chi connectivity index (χ1n) is 16.6. The summed E-state index contributed by atoms with van der Waals surface area (Å²) in [7, 11) is -4.26. The molecule has 2 atom stereocenters. The molecule has 1 aliphatic heterocycles. The molecule has 1 amide bonds. The van der Waals surface area contributed by atoms with E-state index in [0.717, 1.165) is 6.07 Å². The van der Waals surface area contributed by atoms with Crippen LogP contribution in [0.1, 0.15) is 68.1 Å². The molecule has 0 bridgehead atoms. The minimum Gasteiger partial charge on any atom is -0.467 e. The third kappa shape index (κ3) is 11.1. The van der Waals surface area contributed by atoms with Gasteiger partial charge < -0.3 is 38.5 Å². The Morgan fingerprint density at radius 3 is 2.35 bits per heavy atom. The van der Waals surface area contributed by atoms with Crippen LogP contribution in [0.25, 0.3) is 0 Å². The van der Waals surface area contributed by atoms with Crippen molar-refractivity contribution in [1.82, 2.24) is 4.90 Å². The number of hydrogen-bond donors (Lipinski definition) is 3. The summed E-state index contributed by atoms with van der Waals surface area (Å²) in [6.07, 6.45) is 0.523. The molecule has 4 N–H and O–H groups in total. The minimum absolute atomic E-state index is 0.0314. The van der Waals surface area contributed by atoms with Gasteiger partial charge in [0.1, 0.15) is 10.7 Å². The fourth-order valence-corrected chi connectivity index (χ4v) is 6.81. The lowest BCUT2D eigenvalue weighted by Crippen LogP contribution is -2.66. The zero-order valence-corrected chi connectivity index (χ0v) is 32.0. The second-order valence-electron chi connectivity index (χ2n) is 12.8. The lowest BCUT2D eigenvalue weighted by atomic mass is 9.90. The number of hydrogen-bond acceptors (Lipinski definition) is 14. The van der Waals surface area contributed by atoms with Crippen LogP contribution in [-0.2, 0) is 55.6 Å². The van der Waals surface area contributed by atoms with Gasteiger partial charge in [-0.05, 0) is 63.6 Å². The summed E-state index contributed by atoms with van der Waals surface area (Å²) in [4.78, 5) is 51.2. The number of halogens is 2. The van der Waals surface area contributed by atoms with Crippen LogP contribution < -0.4 is 10.5 Å². The van der Waals surface area contributed by atoms with Gasteiger partial charge in [0, 0.05) is 29.8 Å². The molecule has 0 saturated carbocycles. The second kappa shape index (κ2) is 18.3. The molecular formula is C35H41Cl2N3O13S. The number of aliphatic hydroxyl groups is 1. The summed E-state index contributed by atoms with van der Waals surface area (Å²) < 4.78 is 55.6. The molecule has 0 aliphatic carbocycles. The van der Waals surface area contributed by atoms with Gasteiger partial charge in [0.05, 0.1) is 60.5 Å². The Morgan fingerprint density at radius 2 is 1.69 bits per heavy atom. The highest BCUT2D eigenvalue weighted by Gasteiger charge is 2.53. The van der Waals surface area contributed by atoms with E-state index in [4.69, 9.17) is 56.4 Å². The number of morpholine rings is 1. The number of anilines is 1. The lowest BCUT2D eigenvalue weighted by Gasteiger charge is -2.52. The molecule has 0 spiro atoms. The number of nitrogens with one attached hydrogen (secondary N) is 1. The number of rotatable bonds is 16. The molecule has 16 nitrogen and oxygen atoms in total. The van der Waals surface area contributed by atoms with E-state index in [1.807, 2.05) is 0 Å². The van der Waals surface area contributed by atoms with Gasteiger partial charge in [-0.2, -0.15) is 0 Å². The van der Waals surface area contributed by atoms with Crippen LogP contribution in [0.4, 0.5) is 10.5 Å². The van der Waals surface area contributed by atoms with E-state index in [9.17, 15) is 32.7 Å². The molecule has 1 aromatic heterocycles. The van der Waals surface area contributed by atoms with Crippen LogP contribution >= 0.6 is 23.2 Å². The number of esters is 3. The first kappa shape index (κ1) is 42.4. The monoisotopic (exact) mass is 813 g/mol. The summed E-state index contributed by atoms with van der Waals surface area (Å²) in [5, 5.41) is 19.7. The van der Waals surface area contributed by atoms with Crippen molar-refractivity contribution in [3.8, 4) is 0 Å². The fourth-order valence-electron chi connectivity index (χ4n) is 5.52. The Labute approximate surface area is 321 Å². The zero-order valence-electron chi connectivity index (χ0n) is 29.7. The van der Waals surface area contributed by atoms with E-state index in [2.05, 4.69) is 5.32 Å². The Balaban J connectivity index is 1.15. The average Bonchev–Trinajstić information content (AvgIpc) is 3.62. The van der Waals surface area contributed by atoms with Crippen LogP contribution in [0.15, 0.2) is 64.1 Å². The zero-order chi connectivity index (χ0) is 39.7. The van der Waals surface area contributed by atoms with Gasteiger partial charge in [0.25, 0.3) is 0 Å². The number of carbonyl (C=O) groups excluding carboxylic acids is 4. The molecule has 19 heteroatoms. The highest BCUT2D eigenvalue weighted by Crippen LogP contribution is 2.40. The molecule has 1 fully saturated rings. The largest absolute Gasteiger partial charge is 0.467 e. The maximum atomic E-state index is 13.1. The predicted octanol–water partition coefficient (Wildman–Crippen LogP) is 5.09. The standard InChI is InChI=1S/C35H41Cl2N3O13S/c1-22-35(45,23-8-4-9-24(36)16-23)53-20-34(2,3)40(22)33(44)52-21-51-31(42)12-5-11-30(41)49-14-7-15-50-32(43)26-17-29(54(38,46)47)27(37)18-28(26)39-19-25-10-6-13-48-25/h4,6,8-10,13,16-18,22,39,45H,5,7,11-12,14-15,19-21H2,1-3H3,(H2,38,46,47)/t22-,35+/m0/s1. The van der Waals surface area contributed by atoms with Gasteiger partial charge in [-0.3, -0.25) is 14.5 Å². The molecule has 0 radical (unpaired) electrons. The van der Waals surface area contributed by atoms with Crippen LogP contribution in [-0.4, -0.2) is 80.6 Å². The van der Waals surface area contributed by atoms with E-state index < -0.39 is 63.1 Å². The SMILES string of the molecule is C[C@@H]1N(C(=O)OCOC(=O)CCCC(=O)OCCCOC(=O)c2cc(S(N)(=O)=O)c(Cl)cc2NCc2ccco2)C(C)(C)CO[C@@]1(O)c1cccc(Cl)c1. The molecule has 1 saturated heterocycles. The Hall–Kier alpha value is -4.39. The fraction of sp³-hybridized carbons (Fsp3) is 0.429. The maximum absolute atomic E-state index is 13.1. The van der Waals surface area contributed by atoms with E-state index >= 15 is 0 Å². The first-order chi connectivity index (χ1) is 25.4. The lowest BCUT2D eigenvalue weighted by molar-refractivity contribution is -0.295. The number of sulfonamides is 1. The van der Waals surface area contributed by atoms with Gasteiger partial charge in [-0.15, -0.1) is 0 Å². The number of nitrogens with zero attached hydrogens (tertiary/aromatic N) is 1. The minimum atomic E-state index is -4.26. The summed E-state index contributed by atoms with van der Waals surface area (Å²) in [6.45, 7) is 4.19. The van der Waals surface area contributed by atoms with E-state index in [0.29, 0.717) is 16.3 Å². The molecule has 0 unspecified atom stereocenters. The predicted molar refractivity (Wildman–Crippen MR) is 193 cm³/mol. The molecule has 294 valence electrons. The Kier molecular flexibility index (Phi) is 14.3. The Bertz CT molecular complexity index is 1920.